The van der Waals surface area contributed by atoms with Crippen LogP contribution in [-0.2, 0) is 6.42 Å². The summed E-state index contributed by atoms with van der Waals surface area (Å²) in [4.78, 5) is 8.68. The Morgan fingerprint density at radius 1 is 1.38 bits per heavy atom. The Morgan fingerprint density at radius 3 is 2.44 bits per heavy atom. The van der Waals surface area contributed by atoms with Crippen molar-refractivity contribution in [3.8, 4) is 0 Å². The van der Waals surface area contributed by atoms with Gasteiger partial charge in [-0.15, -0.1) is 0 Å². The van der Waals surface area contributed by atoms with E-state index in [1.165, 1.54) is 0 Å². The molecule has 0 aromatic carbocycles. The molecule has 86 valence electrons. The lowest BCUT2D eigenvalue weighted by Crippen LogP contribution is -2.05. The Balaban J connectivity index is 2.64. The van der Waals surface area contributed by atoms with E-state index in [4.69, 9.17) is 11.1 Å². The molecule has 0 saturated heterocycles. The lowest BCUT2D eigenvalue weighted by molar-refractivity contribution is 0.822. The fourth-order valence-corrected chi connectivity index (χ4v) is 1.52. The third kappa shape index (κ3) is 4.21. The molecular weight excluding hydrogens is 200 g/mol. The Bertz CT molecular complexity index is 401. The molecule has 0 aliphatic heterocycles. The highest BCUT2D eigenvalue weighted by molar-refractivity contribution is 5.90. The second-order valence-corrected chi connectivity index (χ2v) is 3.97. The molecule has 1 rings (SSSR count). The monoisotopic (exact) mass is 218 g/mol. The average Bonchev–Trinajstić information content (AvgIpc) is 2.12. The maximum absolute atomic E-state index is 7.29. The summed E-state index contributed by atoms with van der Waals surface area (Å²) in [5.41, 5.74) is 8.90. The fraction of sp³-hybridized carbons (Fsp3) is 0.417. The van der Waals surface area contributed by atoms with Gasteiger partial charge in [0.25, 0.3) is 0 Å². The van der Waals surface area contributed by atoms with Crippen molar-refractivity contribution in [2.75, 3.05) is 0 Å². The molecule has 0 unspecified atom stereocenters. The molecule has 16 heavy (non-hydrogen) atoms. The molecule has 0 spiro atoms. The van der Waals surface area contributed by atoms with E-state index >= 15 is 0 Å². The number of nitrogens with one attached hydrogen (secondary N) is 1. The molecule has 0 atom stereocenters. The molecular formula is C12H18N4. The minimum absolute atomic E-state index is 0.471. The van der Waals surface area contributed by atoms with Gasteiger partial charge in [0.1, 0.15) is 5.82 Å². The van der Waals surface area contributed by atoms with Crippen molar-refractivity contribution in [1.82, 2.24) is 9.97 Å². The molecule has 0 bridgehead atoms. The second kappa shape index (κ2) is 5.39. The van der Waals surface area contributed by atoms with Gasteiger partial charge in [-0.2, -0.15) is 0 Å². The van der Waals surface area contributed by atoms with E-state index in [9.17, 15) is 0 Å². The molecule has 3 N–H and O–H groups in total. The van der Waals surface area contributed by atoms with Gasteiger partial charge in [-0.25, -0.2) is 9.97 Å². The van der Waals surface area contributed by atoms with Crippen LogP contribution in [0.3, 0.4) is 0 Å². The number of nitrogens with two attached hydrogens (primary N) is 1. The van der Waals surface area contributed by atoms with Crippen LogP contribution in [0.1, 0.15) is 30.6 Å². The van der Waals surface area contributed by atoms with Crippen molar-refractivity contribution in [2.45, 2.75) is 33.6 Å². The molecule has 1 heterocycles. The first-order valence-corrected chi connectivity index (χ1v) is 5.29. The van der Waals surface area contributed by atoms with Crippen molar-refractivity contribution < 1.29 is 0 Å². The van der Waals surface area contributed by atoms with E-state index in [0.717, 1.165) is 23.6 Å². The number of rotatable bonds is 4. The fourth-order valence-electron chi connectivity index (χ4n) is 1.52. The quantitative estimate of drug-likeness (QED) is 0.758. The largest absolute Gasteiger partial charge is 0.402 e. The lowest BCUT2D eigenvalue weighted by Gasteiger charge is -2.03. The summed E-state index contributed by atoms with van der Waals surface area (Å²) in [6.07, 6.45) is 3.08. The van der Waals surface area contributed by atoms with Crippen molar-refractivity contribution >= 4 is 5.71 Å². The van der Waals surface area contributed by atoms with Crippen LogP contribution in [0.25, 0.3) is 0 Å². The standard InChI is InChI=1S/C12H18N4/c1-8(13)6-11(14)4-5-12-15-9(2)7-10(3)16-12/h6-7,13H,4-5,14H2,1-3H3/b11-6+,13-8?. The van der Waals surface area contributed by atoms with E-state index in [0.29, 0.717) is 17.8 Å². The summed E-state index contributed by atoms with van der Waals surface area (Å²) >= 11 is 0. The van der Waals surface area contributed by atoms with Gasteiger partial charge in [0.2, 0.25) is 0 Å². The normalized spacial score (nSPS) is 11.6. The molecule has 4 heteroatoms. The zero-order valence-electron chi connectivity index (χ0n) is 10.0. The maximum atomic E-state index is 7.29. The molecule has 0 aliphatic carbocycles. The van der Waals surface area contributed by atoms with Crippen LogP contribution in [0, 0.1) is 19.3 Å². The van der Waals surface area contributed by atoms with Crippen LogP contribution in [0.4, 0.5) is 0 Å². The third-order valence-electron chi connectivity index (χ3n) is 2.07. The zero-order valence-corrected chi connectivity index (χ0v) is 10.0. The van der Waals surface area contributed by atoms with Crippen LogP contribution in [0.2, 0.25) is 0 Å². The van der Waals surface area contributed by atoms with Crippen LogP contribution in [0.5, 0.6) is 0 Å². The van der Waals surface area contributed by atoms with E-state index in [-0.39, 0.29) is 0 Å². The minimum atomic E-state index is 0.471. The Labute approximate surface area is 96.1 Å². The predicted octanol–water partition coefficient (Wildman–Crippen LogP) is 1.91. The van der Waals surface area contributed by atoms with Gasteiger partial charge >= 0.3 is 0 Å². The third-order valence-corrected chi connectivity index (χ3v) is 2.07. The number of allylic oxidation sites excluding steroid dienone is 2. The number of aryl methyl sites for hydroxylation is 3. The number of aromatic nitrogens is 2. The smallest absolute Gasteiger partial charge is 0.129 e. The maximum Gasteiger partial charge on any atom is 0.129 e. The minimum Gasteiger partial charge on any atom is -0.402 e. The highest BCUT2D eigenvalue weighted by Crippen LogP contribution is 2.04. The highest BCUT2D eigenvalue weighted by Gasteiger charge is 2.00. The average molecular weight is 218 g/mol. The van der Waals surface area contributed by atoms with Gasteiger partial charge in [-0.1, -0.05) is 0 Å². The van der Waals surface area contributed by atoms with Crippen molar-refractivity contribution in [3.63, 3.8) is 0 Å². The van der Waals surface area contributed by atoms with Gasteiger partial charge in [-0.3, -0.25) is 0 Å². The summed E-state index contributed by atoms with van der Waals surface area (Å²) in [5, 5.41) is 7.29. The topological polar surface area (TPSA) is 75.7 Å². The van der Waals surface area contributed by atoms with Crippen molar-refractivity contribution in [3.05, 3.63) is 35.1 Å². The van der Waals surface area contributed by atoms with E-state index in [1.54, 1.807) is 13.0 Å². The molecule has 1 aromatic heterocycles. The highest BCUT2D eigenvalue weighted by atomic mass is 14.9. The molecule has 4 nitrogen and oxygen atoms in total. The van der Waals surface area contributed by atoms with Crippen LogP contribution >= 0.6 is 0 Å². The Hall–Kier alpha value is -1.71. The van der Waals surface area contributed by atoms with Gasteiger partial charge in [-0.05, 0) is 39.3 Å². The Kier molecular flexibility index (Phi) is 4.17. The summed E-state index contributed by atoms with van der Waals surface area (Å²) in [7, 11) is 0. The molecule has 1 aromatic rings. The predicted molar refractivity (Wildman–Crippen MR) is 65.5 cm³/mol. The molecule has 0 fully saturated rings. The van der Waals surface area contributed by atoms with Crippen LogP contribution in [0.15, 0.2) is 17.8 Å². The zero-order chi connectivity index (χ0) is 12.1. The number of nitrogens with zero attached hydrogens (tertiary/aromatic N) is 2. The van der Waals surface area contributed by atoms with Crippen LogP contribution < -0.4 is 5.73 Å². The van der Waals surface area contributed by atoms with E-state index < -0.39 is 0 Å². The first-order valence-electron chi connectivity index (χ1n) is 5.29. The first kappa shape index (κ1) is 12.4. The number of hydrogen-bond acceptors (Lipinski definition) is 4. The summed E-state index contributed by atoms with van der Waals surface area (Å²) in [6, 6.07) is 1.95. The lowest BCUT2D eigenvalue weighted by atomic mass is 10.2. The Morgan fingerprint density at radius 2 is 1.94 bits per heavy atom. The van der Waals surface area contributed by atoms with Gasteiger partial charge in [0.15, 0.2) is 0 Å². The van der Waals surface area contributed by atoms with E-state index in [2.05, 4.69) is 9.97 Å². The van der Waals surface area contributed by atoms with Crippen LogP contribution in [-0.4, -0.2) is 15.7 Å². The summed E-state index contributed by atoms with van der Waals surface area (Å²) in [6.45, 7) is 5.62. The summed E-state index contributed by atoms with van der Waals surface area (Å²) in [5.74, 6) is 0.816. The van der Waals surface area contributed by atoms with E-state index in [1.807, 2.05) is 19.9 Å². The van der Waals surface area contributed by atoms with Crippen molar-refractivity contribution in [2.24, 2.45) is 5.73 Å². The molecule has 0 saturated carbocycles. The molecule has 0 aliphatic rings. The summed E-state index contributed by atoms with van der Waals surface area (Å²) < 4.78 is 0. The molecule has 0 radical (unpaired) electrons. The number of hydrogen-bond donors (Lipinski definition) is 2. The van der Waals surface area contributed by atoms with Gasteiger partial charge < -0.3 is 11.1 Å². The van der Waals surface area contributed by atoms with Crippen molar-refractivity contribution in [1.29, 1.82) is 5.41 Å². The first-order chi connectivity index (χ1) is 7.47. The SMILES string of the molecule is CC(=N)/C=C(/N)CCc1nc(C)cc(C)n1. The van der Waals surface area contributed by atoms with Gasteiger partial charge in [0.05, 0.1) is 0 Å². The molecule has 0 amide bonds. The second-order valence-electron chi connectivity index (χ2n) is 3.97. The van der Waals surface area contributed by atoms with Gasteiger partial charge in [0, 0.05) is 29.2 Å².